The van der Waals surface area contributed by atoms with Gasteiger partial charge in [0, 0.05) is 41.5 Å². The van der Waals surface area contributed by atoms with E-state index in [1.165, 1.54) is 10.9 Å². The summed E-state index contributed by atoms with van der Waals surface area (Å²) in [7, 11) is 0. The van der Waals surface area contributed by atoms with Gasteiger partial charge in [-0.05, 0) is 41.8 Å². The molecule has 8 nitrogen and oxygen atoms in total. The summed E-state index contributed by atoms with van der Waals surface area (Å²) in [5, 5.41) is 14.0. The Balaban J connectivity index is 1.22. The lowest BCUT2D eigenvalue weighted by Crippen LogP contribution is -2.26. The number of amides is 1. The molecule has 0 atom stereocenters. The molecule has 0 fully saturated rings. The highest BCUT2D eigenvalue weighted by Crippen LogP contribution is 2.20. The number of fused-ring (bicyclic) bond motifs is 4. The Morgan fingerprint density at radius 3 is 2.53 bits per heavy atom. The first-order chi connectivity index (χ1) is 18.6. The molecule has 6 rings (SSSR count). The van der Waals surface area contributed by atoms with Crippen molar-refractivity contribution in [3.8, 4) is 0 Å². The van der Waals surface area contributed by atoms with E-state index < -0.39 is 0 Å². The number of rotatable bonds is 8. The van der Waals surface area contributed by atoms with Crippen LogP contribution in [-0.4, -0.2) is 36.6 Å². The number of nitrogens with zero attached hydrogens (tertiary/aromatic N) is 4. The summed E-state index contributed by atoms with van der Waals surface area (Å²) in [4.78, 5) is 29.4. The molecule has 2 N–H and O–H groups in total. The van der Waals surface area contributed by atoms with E-state index in [9.17, 15) is 9.59 Å². The maximum Gasteiger partial charge on any atom is 0.263 e. The van der Waals surface area contributed by atoms with Gasteiger partial charge >= 0.3 is 0 Å². The summed E-state index contributed by atoms with van der Waals surface area (Å²) in [5.41, 5.74) is 3.62. The standard InChI is InChI=1S/C29H25ClN6O2/c30-23-10-4-1-7-20(23)18-35-28(38)22-9-3-6-12-25(22)36-26(33-34-29(35)36)13-14-27(37)31-16-15-19-17-32-24-11-5-2-8-21(19)24/h1-12,17,32H,13-16,18H2,(H,31,37). The number of para-hydroxylation sites is 2. The fourth-order valence-corrected chi connectivity index (χ4v) is 5.10. The quantitative estimate of drug-likeness (QED) is 0.306. The Kier molecular flexibility index (Phi) is 6.39. The molecule has 190 valence electrons. The van der Waals surface area contributed by atoms with Crippen molar-refractivity contribution in [3.05, 3.63) is 111 Å². The fourth-order valence-electron chi connectivity index (χ4n) is 4.90. The molecule has 0 spiro atoms. The topological polar surface area (TPSA) is 97.1 Å². The van der Waals surface area contributed by atoms with Crippen molar-refractivity contribution in [1.82, 2.24) is 29.5 Å². The van der Waals surface area contributed by atoms with Gasteiger partial charge in [0.2, 0.25) is 11.7 Å². The molecule has 3 heterocycles. The average Bonchev–Trinajstić information content (AvgIpc) is 3.55. The zero-order valence-electron chi connectivity index (χ0n) is 20.5. The fraction of sp³-hybridized carbons (Fsp3) is 0.172. The Labute approximate surface area is 222 Å². The summed E-state index contributed by atoms with van der Waals surface area (Å²) < 4.78 is 3.45. The summed E-state index contributed by atoms with van der Waals surface area (Å²) in [6.45, 7) is 0.806. The number of aromatic amines is 1. The normalized spacial score (nSPS) is 11.5. The second kappa shape index (κ2) is 10.1. The molecule has 0 unspecified atom stereocenters. The molecule has 1 amide bonds. The molecule has 0 bridgehead atoms. The highest BCUT2D eigenvalue weighted by atomic mass is 35.5. The van der Waals surface area contributed by atoms with Crippen LogP contribution in [0.4, 0.5) is 0 Å². The second-order valence-corrected chi connectivity index (χ2v) is 9.62. The number of benzene rings is 3. The molecule has 38 heavy (non-hydrogen) atoms. The summed E-state index contributed by atoms with van der Waals surface area (Å²) in [5.74, 6) is 0.981. The van der Waals surface area contributed by atoms with Crippen LogP contribution in [0, 0.1) is 0 Å². The maximum atomic E-state index is 13.4. The molecule has 0 saturated heterocycles. The number of hydrogen-bond donors (Lipinski definition) is 2. The van der Waals surface area contributed by atoms with Gasteiger partial charge in [0.15, 0.2) is 0 Å². The Bertz CT molecular complexity index is 1850. The summed E-state index contributed by atoms with van der Waals surface area (Å²) in [6.07, 6.45) is 3.37. The van der Waals surface area contributed by atoms with E-state index in [1.807, 2.05) is 65.2 Å². The number of carbonyl (C=O) groups is 1. The minimum atomic E-state index is -0.165. The van der Waals surface area contributed by atoms with Crippen LogP contribution in [0.15, 0.2) is 83.8 Å². The Hall–Kier alpha value is -4.43. The van der Waals surface area contributed by atoms with Crippen molar-refractivity contribution >= 4 is 45.1 Å². The molecular formula is C29H25ClN6O2. The first-order valence-corrected chi connectivity index (χ1v) is 12.9. The number of halogens is 1. The Morgan fingerprint density at radius 2 is 1.66 bits per heavy atom. The van der Waals surface area contributed by atoms with Crippen LogP contribution in [0.2, 0.25) is 5.02 Å². The molecule has 0 radical (unpaired) electrons. The number of nitrogens with one attached hydrogen (secondary N) is 2. The minimum Gasteiger partial charge on any atom is -0.361 e. The third-order valence-electron chi connectivity index (χ3n) is 6.83. The van der Waals surface area contributed by atoms with Gasteiger partial charge in [0.05, 0.1) is 17.4 Å². The van der Waals surface area contributed by atoms with Gasteiger partial charge in [-0.3, -0.25) is 18.6 Å². The third-order valence-corrected chi connectivity index (χ3v) is 7.20. The van der Waals surface area contributed by atoms with Crippen LogP contribution in [-0.2, 0) is 24.2 Å². The number of carbonyl (C=O) groups excluding carboxylic acids is 1. The van der Waals surface area contributed by atoms with E-state index in [-0.39, 0.29) is 24.4 Å². The largest absolute Gasteiger partial charge is 0.361 e. The van der Waals surface area contributed by atoms with Crippen molar-refractivity contribution in [1.29, 1.82) is 0 Å². The van der Waals surface area contributed by atoms with Crippen molar-refractivity contribution < 1.29 is 4.79 Å². The van der Waals surface area contributed by atoms with Gasteiger partial charge in [-0.2, -0.15) is 0 Å². The monoisotopic (exact) mass is 524 g/mol. The van der Waals surface area contributed by atoms with E-state index in [2.05, 4.69) is 26.6 Å². The second-order valence-electron chi connectivity index (χ2n) is 9.21. The predicted octanol–water partition coefficient (Wildman–Crippen LogP) is 4.52. The molecule has 0 saturated carbocycles. The van der Waals surface area contributed by atoms with Crippen LogP contribution in [0.5, 0.6) is 0 Å². The van der Waals surface area contributed by atoms with E-state index in [1.54, 1.807) is 16.7 Å². The lowest BCUT2D eigenvalue weighted by atomic mass is 10.1. The first kappa shape index (κ1) is 23.9. The predicted molar refractivity (Wildman–Crippen MR) is 149 cm³/mol. The van der Waals surface area contributed by atoms with Gasteiger partial charge in [0.25, 0.3) is 5.56 Å². The first-order valence-electron chi connectivity index (χ1n) is 12.5. The molecule has 9 heteroatoms. The maximum absolute atomic E-state index is 13.4. The number of aromatic nitrogens is 5. The highest BCUT2D eigenvalue weighted by Gasteiger charge is 2.18. The number of H-pyrrole nitrogens is 1. The molecular weight excluding hydrogens is 500 g/mol. The average molecular weight is 525 g/mol. The molecule has 0 aliphatic rings. The van der Waals surface area contributed by atoms with Gasteiger partial charge in [-0.25, -0.2) is 0 Å². The van der Waals surface area contributed by atoms with Crippen LogP contribution >= 0.6 is 11.6 Å². The van der Waals surface area contributed by atoms with E-state index >= 15 is 0 Å². The van der Waals surface area contributed by atoms with Crippen LogP contribution < -0.4 is 10.9 Å². The van der Waals surface area contributed by atoms with Crippen molar-refractivity contribution in [2.45, 2.75) is 25.8 Å². The third kappa shape index (κ3) is 4.43. The van der Waals surface area contributed by atoms with Gasteiger partial charge in [-0.15, -0.1) is 10.2 Å². The molecule has 3 aromatic carbocycles. The summed E-state index contributed by atoms with van der Waals surface area (Å²) in [6, 6.07) is 22.9. The van der Waals surface area contributed by atoms with Crippen LogP contribution in [0.3, 0.4) is 0 Å². The lowest BCUT2D eigenvalue weighted by Gasteiger charge is -2.12. The highest BCUT2D eigenvalue weighted by molar-refractivity contribution is 6.31. The van der Waals surface area contributed by atoms with Gasteiger partial charge in [0.1, 0.15) is 5.82 Å². The van der Waals surface area contributed by atoms with Crippen LogP contribution in [0.1, 0.15) is 23.4 Å². The Morgan fingerprint density at radius 1 is 0.895 bits per heavy atom. The molecule has 6 aromatic rings. The smallest absolute Gasteiger partial charge is 0.263 e. The van der Waals surface area contributed by atoms with E-state index in [0.717, 1.165) is 17.5 Å². The zero-order valence-corrected chi connectivity index (χ0v) is 21.3. The summed E-state index contributed by atoms with van der Waals surface area (Å²) >= 11 is 6.38. The van der Waals surface area contributed by atoms with E-state index in [0.29, 0.717) is 40.5 Å². The number of hydrogen-bond acceptors (Lipinski definition) is 4. The van der Waals surface area contributed by atoms with Crippen molar-refractivity contribution in [3.63, 3.8) is 0 Å². The minimum absolute atomic E-state index is 0.0599. The zero-order chi connectivity index (χ0) is 26.1. The van der Waals surface area contributed by atoms with Gasteiger partial charge < -0.3 is 10.3 Å². The van der Waals surface area contributed by atoms with Crippen LogP contribution in [0.25, 0.3) is 27.6 Å². The van der Waals surface area contributed by atoms with Crippen molar-refractivity contribution in [2.24, 2.45) is 0 Å². The molecule has 0 aliphatic heterocycles. The molecule has 0 aliphatic carbocycles. The van der Waals surface area contributed by atoms with Gasteiger partial charge in [-0.1, -0.05) is 60.1 Å². The van der Waals surface area contributed by atoms with E-state index in [4.69, 9.17) is 11.6 Å². The van der Waals surface area contributed by atoms with Crippen molar-refractivity contribution in [2.75, 3.05) is 6.54 Å². The number of aryl methyl sites for hydroxylation is 1. The molecule has 3 aromatic heterocycles. The lowest BCUT2D eigenvalue weighted by molar-refractivity contribution is -0.121. The SMILES string of the molecule is O=C(CCc1nnc2n(Cc3ccccc3Cl)c(=O)c3ccccc3n12)NCCc1c[nH]c2ccccc12.